The Labute approximate surface area is 134 Å². The minimum Gasteiger partial charge on any atom is -0.493 e. The van der Waals surface area contributed by atoms with Crippen molar-refractivity contribution in [2.24, 2.45) is 0 Å². The first-order valence-corrected chi connectivity index (χ1v) is 7.36. The van der Waals surface area contributed by atoms with Crippen LogP contribution in [0, 0.1) is 6.92 Å². The average molecular weight is 313 g/mol. The molecule has 3 rings (SSSR count). The second-order valence-electron chi connectivity index (χ2n) is 5.04. The number of nitrogens with one attached hydrogen (secondary N) is 1. The molecule has 0 unspecified atom stereocenters. The first-order chi connectivity index (χ1) is 11.2. The summed E-state index contributed by atoms with van der Waals surface area (Å²) in [5, 5.41) is 7.67. The molecule has 0 aliphatic carbocycles. The molecule has 2 aromatic heterocycles. The Balaban J connectivity index is 2.09. The Morgan fingerprint density at radius 3 is 2.65 bits per heavy atom. The van der Waals surface area contributed by atoms with E-state index in [4.69, 9.17) is 9.47 Å². The highest BCUT2D eigenvalue weighted by Crippen LogP contribution is 2.32. The molecular weight excluding hydrogens is 294 g/mol. The number of rotatable bonds is 5. The lowest BCUT2D eigenvalue weighted by atomic mass is 10.1. The molecule has 0 atom stereocenters. The van der Waals surface area contributed by atoms with Gasteiger partial charge in [0.05, 0.1) is 14.2 Å². The number of anilines is 2. The summed E-state index contributed by atoms with van der Waals surface area (Å²) in [7, 11) is 3.23. The zero-order chi connectivity index (χ0) is 16.4. The lowest BCUT2D eigenvalue weighted by molar-refractivity contribution is 0.355. The molecule has 0 aliphatic heterocycles. The van der Waals surface area contributed by atoms with Crippen LogP contribution in [0.15, 0.2) is 24.5 Å². The maximum atomic E-state index is 5.36. The molecule has 7 heteroatoms. The predicted octanol–water partition coefficient (Wildman–Crippen LogP) is 2.76. The minimum absolute atomic E-state index is 0.572. The number of hydrogen-bond donors (Lipinski definition) is 1. The van der Waals surface area contributed by atoms with E-state index in [1.165, 1.54) is 6.33 Å². The summed E-state index contributed by atoms with van der Waals surface area (Å²) >= 11 is 0. The van der Waals surface area contributed by atoms with Gasteiger partial charge in [0, 0.05) is 23.0 Å². The largest absolute Gasteiger partial charge is 0.493 e. The third-order valence-electron chi connectivity index (χ3n) is 3.73. The van der Waals surface area contributed by atoms with E-state index < -0.39 is 0 Å². The van der Waals surface area contributed by atoms with Crippen LogP contribution >= 0.6 is 0 Å². The first kappa shape index (κ1) is 15.1. The van der Waals surface area contributed by atoms with Crippen LogP contribution in [0.4, 0.5) is 11.5 Å². The Morgan fingerprint density at radius 2 is 1.96 bits per heavy atom. The third kappa shape index (κ3) is 2.65. The van der Waals surface area contributed by atoms with Gasteiger partial charge in [0.2, 0.25) is 0 Å². The summed E-state index contributed by atoms with van der Waals surface area (Å²) in [5.41, 5.74) is 2.91. The summed E-state index contributed by atoms with van der Waals surface area (Å²) in [5.74, 6) is 2.78. The van der Waals surface area contributed by atoms with E-state index in [9.17, 15) is 0 Å². The predicted molar refractivity (Wildman–Crippen MR) is 87.7 cm³/mol. The van der Waals surface area contributed by atoms with E-state index in [2.05, 4.69) is 27.3 Å². The fraction of sp³-hybridized carbons (Fsp3) is 0.312. The molecule has 1 N–H and O–H groups in total. The van der Waals surface area contributed by atoms with Gasteiger partial charge in [0.1, 0.15) is 12.1 Å². The lowest BCUT2D eigenvalue weighted by Crippen LogP contribution is -2.08. The van der Waals surface area contributed by atoms with Crippen molar-refractivity contribution in [3.8, 4) is 11.5 Å². The normalized spacial score (nSPS) is 10.8. The van der Waals surface area contributed by atoms with Crippen LogP contribution in [0.3, 0.4) is 0 Å². The molecule has 1 aromatic carbocycles. The second-order valence-corrected chi connectivity index (χ2v) is 5.04. The number of nitrogens with zero attached hydrogens (tertiary/aromatic N) is 4. The summed E-state index contributed by atoms with van der Waals surface area (Å²) in [6.45, 7) is 4.07. The van der Waals surface area contributed by atoms with Crippen LogP contribution in [0.25, 0.3) is 5.78 Å². The quantitative estimate of drug-likeness (QED) is 0.781. The van der Waals surface area contributed by atoms with Gasteiger partial charge in [-0.2, -0.15) is 14.6 Å². The van der Waals surface area contributed by atoms with E-state index in [1.54, 1.807) is 18.7 Å². The molecule has 0 bridgehead atoms. The molecular formula is C16H19N5O2. The fourth-order valence-corrected chi connectivity index (χ4v) is 2.59. The van der Waals surface area contributed by atoms with Gasteiger partial charge in [0.15, 0.2) is 11.5 Å². The topological polar surface area (TPSA) is 73.6 Å². The molecule has 7 nitrogen and oxygen atoms in total. The smallest absolute Gasteiger partial charge is 0.254 e. The summed E-state index contributed by atoms with van der Waals surface area (Å²) in [4.78, 5) is 8.65. The van der Waals surface area contributed by atoms with E-state index in [0.29, 0.717) is 17.3 Å². The zero-order valence-electron chi connectivity index (χ0n) is 13.6. The van der Waals surface area contributed by atoms with Crippen molar-refractivity contribution in [1.82, 2.24) is 19.6 Å². The number of aromatic nitrogens is 4. The van der Waals surface area contributed by atoms with E-state index in [-0.39, 0.29) is 0 Å². The number of fused-ring (bicyclic) bond motifs is 1. The van der Waals surface area contributed by atoms with Crippen molar-refractivity contribution in [2.75, 3.05) is 19.5 Å². The van der Waals surface area contributed by atoms with Gasteiger partial charge in [-0.1, -0.05) is 6.92 Å². The molecule has 120 valence electrons. The second kappa shape index (κ2) is 6.12. The summed E-state index contributed by atoms with van der Waals surface area (Å²) in [6, 6.07) is 5.68. The van der Waals surface area contributed by atoms with Crippen LogP contribution < -0.4 is 14.8 Å². The number of benzene rings is 1. The molecule has 0 amide bonds. The molecule has 0 saturated carbocycles. The molecule has 2 heterocycles. The maximum absolute atomic E-state index is 5.36. The highest BCUT2D eigenvalue weighted by Gasteiger charge is 2.14. The van der Waals surface area contributed by atoms with Crippen LogP contribution in [0.2, 0.25) is 0 Å². The van der Waals surface area contributed by atoms with Crippen molar-refractivity contribution < 1.29 is 9.47 Å². The number of ether oxygens (including phenoxy) is 2. The number of methoxy groups -OCH3 is 2. The standard InChI is InChI=1S/C16H19N5O2/c1-5-12-10(2)19-16-17-9-18-21(16)15(12)20-11-6-7-13(22-3)14(8-11)23-4/h6-9,20H,5H2,1-4H3. The van der Waals surface area contributed by atoms with Crippen molar-refractivity contribution >= 4 is 17.3 Å². The van der Waals surface area contributed by atoms with Gasteiger partial charge in [-0.05, 0) is 25.5 Å². The SMILES string of the molecule is CCc1c(C)nc2ncnn2c1Nc1ccc(OC)c(OC)c1. The average Bonchev–Trinajstić information content (AvgIpc) is 3.02. The van der Waals surface area contributed by atoms with Crippen molar-refractivity contribution in [2.45, 2.75) is 20.3 Å². The third-order valence-corrected chi connectivity index (χ3v) is 3.73. The monoisotopic (exact) mass is 313 g/mol. The van der Waals surface area contributed by atoms with Gasteiger partial charge in [-0.25, -0.2) is 4.98 Å². The van der Waals surface area contributed by atoms with E-state index in [1.807, 2.05) is 25.1 Å². The first-order valence-electron chi connectivity index (χ1n) is 7.36. The van der Waals surface area contributed by atoms with E-state index in [0.717, 1.165) is 29.2 Å². The Bertz CT molecular complexity index is 844. The van der Waals surface area contributed by atoms with Crippen molar-refractivity contribution in [3.05, 3.63) is 35.8 Å². The summed E-state index contributed by atoms with van der Waals surface area (Å²) in [6.07, 6.45) is 2.34. The molecule has 0 radical (unpaired) electrons. The Kier molecular flexibility index (Phi) is 4.01. The fourth-order valence-electron chi connectivity index (χ4n) is 2.59. The van der Waals surface area contributed by atoms with Crippen LogP contribution in [-0.2, 0) is 6.42 Å². The lowest BCUT2D eigenvalue weighted by Gasteiger charge is -2.15. The highest BCUT2D eigenvalue weighted by molar-refractivity contribution is 5.65. The Morgan fingerprint density at radius 1 is 1.17 bits per heavy atom. The van der Waals surface area contributed by atoms with Crippen molar-refractivity contribution in [3.63, 3.8) is 0 Å². The number of hydrogen-bond acceptors (Lipinski definition) is 6. The van der Waals surface area contributed by atoms with Gasteiger partial charge in [-0.3, -0.25) is 0 Å². The maximum Gasteiger partial charge on any atom is 0.254 e. The van der Waals surface area contributed by atoms with Crippen molar-refractivity contribution in [1.29, 1.82) is 0 Å². The van der Waals surface area contributed by atoms with Crippen LogP contribution in [-0.4, -0.2) is 33.8 Å². The molecule has 23 heavy (non-hydrogen) atoms. The van der Waals surface area contributed by atoms with Crippen LogP contribution in [0.5, 0.6) is 11.5 Å². The Hall–Kier alpha value is -2.83. The summed E-state index contributed by atoms with van der Waals surface area (Å²) < 4.78 is 12.3. The van der Waals surface area contributed by atoms with Gasteiger partial charge in [-0.15, -0.1) is 0 Å². The van der Waals surface area contributed by atoms with Crippen LogP contribution in [0.1, 0.15) is 18.2 Å². The molecule has 0 saturated heterocycles. The highest BCUT2D eigenvalue weighted by atomic mass is 16.5. The van der Waals surface area contributed by atoms with E-state index >= 15 is 0 Å². The molecule has 0 spiro atoms. The molecule has 0 fully saturated rings. The molecule has 3 aromatic rings. The zero-order valence-corrected chi connectivity index (χ0v) is 13.6. The minimum atomic E-state index is 0.572. The van der Waals surface area contributed by atoms with Gasteiger partial charge < -0.3 is 14.8 Å². The van der Waals surface area contributed by atoms with Gasteiger partial charge >= 0.3 is 0 Å². The van der Waals surface area contributed by atoms with Gasteiger partial charge in [0.25, 0.3) is 5.78 Å². The number of aryl methyl sites for hydroxylation is 1. The molecule has 0 aliphatic rings.